The fourth-order valence-electron chi connectivity index (χ4n) is 2.92. The average Bonchev–Trinajstić information content (AvgIpc) is 2.62. The fourth-order valence-corrected chi connectivity index (χ4v) is 2.92. The minimum Gasteiger partial charge on any atom is -0.512 e. The molecule has 1 aliphatic heterocycles. The number of aliphatic hydroxyl groups is 1. The molecule has 0 radical (unpaired) electrons. The maximum Gasteiger partial charge on any atom is 0.262 e. The van der Waals surface area contributed by atoms with Crippen molar-refractivity contribution in [2.45, 2.75) is 19.9 Å². The number of aryl methyl sites for hydroxylation is 1. The maximum absolute atomic E-state index is 13.0. The van der Waals surface area contributed by atoms with Crippen LogP contribution in [-0.2, 0) is 4.79 Å². The molecule has 0 saturated heterocycles. The summed E-state index contributed by atoms with van der Waals surface area (Å²) in [6, 6.07) is 15.2. The molecule has 128 valence electrons. The van der Waals surface area contributed by atoms with Crippen LogP contribution in [0.3, 0.4) is 0 Å². The van der Waals surface area contributed by atoms with Crippen LogP contribution in [0.25, 0.3) is 0 Å². The number of aliphatic hydroxyl groups excluding tert-OH is 1. The molecule has 0 saturated carbocycles. The number of carbonyl (C=O) groups excluding carboxylic acids is 1. The molecule has 4 heteroatoms. The third-order valence-corrected chi connectivity index (χ3v) is 4.33. The summed E-state index contributed by atoms with van der Waals surface area (Å²) in [5, 5.41) is 9.85. The summed E-state index contributed by atoms with van der Waals surface area (Å²) in [6.45, 7) is 3.53. The molecule has 0 aliphatic carbocycles. The molecule has 25 heavy (non-hydrogen) atoms. The predicted molar refractivity (Wildman–Crippen MR) is 98.9 cm³/mol. The normalized spacial score (nSPS) is 19.1. The second kappa shape index (κ2) is 6.85. The van der Waals surface area contributed by atoms with E-state index in [1.165, 1.54) is 6.92 Å². The SMILES string of the molecule is COc1ccc(C2C=C/C(=C(\C)O)C(=O)N2c2ccc(C)cc2)cc1. The highest BCUT2D eigenvalue weighted by Gasteiger charge is 2.31. The molecule has 1 heterocycles. The van der Waals surface area contributed by atoms with Gasteiger partial charge in [0.15, 0.2) is 0 Å². The van der Waals surface area contributed by atoms with Gasteiger partial charge in [0, 0.05) is 5.69 Å². The van der Waals surface area contributed by atoms with Crippen molar-refractivity contribution in [3.8, 4) is 5.75 Å². The summed E-state index contributed by atoms with van der Waals surface area (Å²) in [7, 11) is 1.62. The highest BCUT2D eigenvalue weighted by Crippen LogP contribution is 2.35. The van der Waals surface area contributed by atoms with Gasteiger partial charge < -0.3 is 9.84 Å². The first kappa shape index (κ1) is 16.8. The number of benzene rings is 2. The van der Waals surface area contributed by atoms with E-state index in [4.69, 9.17) is 4.74 Å². The lowest BCUT2D eigenvalue weighted by Crippen LogP contribution is -2.37. The molecule has 0 bridgehead atoms. The predicted octanol–water partition coefficient (Wildman–Crippen LogP) is 4.48. The summed E-state index contributed by atoms with van der Waals surface area (Å²) < 4.78 is 5.21. The zero-order chi connectivity index (χ0) is 18.0. The van der Waals surface area contributed by atoms with Gasteiger partial charge in [-0.3, -0.25) is 9.69 Å². The first-order valence-corrected chi connectivity index (χ1v) is 8.13. The van der Waals surface area contributed by atoms with Crippen molar-refractivity contribution < 1.29 is 14.6 Å². The Morgan fingerprint density at radius 3 is 2.28 bits per heavy atom. The van der Waals surface area contributed by atoms with Crippen molar-refractivity contribution in [2.75, 3.05) is 12.0 Å². The van der Waals surface area contributed by atoms with E-state index < -0.39 is 0 Å². The van der Waals surface area contributed by atoms with E-state index in [1.54, 1.807) is 18.1 Å². The number of methoxy groups -OCH3 is 1. The lowest BCUT2D eigenvalue weighted by Gasteiger charge is -2.34. The number of carbonyl (C=O) groups is 1. The van der Waals surface area contributed by atoms with Gasteiger partial charge in [-0.25, -0.2) is 0 Å². The lowest BCUT2D eigenvalue weighted by atomic mass is 9.96. The van der Waals surface area contributed by atoms with Crippen molar-refractivity contribution in [1.82, 2.24) is 0 Å². The van der Waals surface area contributed by atoms with Gasteiger partial charge in [0.1, 0.15) is 11.5 Å². The van der Waals surface area contributed by atoms with E-state index in [-0.39, 0.29) is 17.7 Å². The molecule has 1 unspecified atom stereocenters. The van der Waals surface area contributed by atoms with Crippen LogP contribution in [0.5, 0.6) is 5.75 Å². The number of amides is 1. The standard InChI is InChI=1S/C21H21NO3/c1-14-4-8-17(9-5-14)22-20(13-12-19(15(2)23)21(22)24)16-6-10-18(25-3)11-7-16/h4-13,20,23H,1-3H3/b19-15-. The molecule has 2 aromatic rings. The van der Waals surface area contributed by atoms with Crippen LogP contribution < -0.4 is 9.64 Å². The Morgan fingerprint density at radius 2 is 1.72 bits per heavy atom. The van der Waals surface area contributed by atoms with E-state index >= 15 is 0 Å². The molecule has 1 N–H and O–H groups in total. The molecular formula is C21H21NO3. The minimum atomic E-state index is -0.246. The molecule has 4 nitrogen and oxygen atoms in total. The molecule has 1 aliphatic rings. The van der Waals surface area contributed by atoms with E-state index in [1.807, 2.05) is 61.5 Å². The average molecular weight is 335 g/mol. The first-order valence-electron chi connectivity index (χ1n) is 8.13. The Kier molecular flexibility index (Phi) is 4.61. The molecule has 0 aromatic heterocycles. The van der Waals surface area contributed by atoms with Gasteiger partial charge >= 0.3 is 0 Å². The molecule has 1 atom stereocenters. The highest BCUT2D eigenvalue weighted by atomic mass is 16.5. The number of allylic oxidation sites excluding steroid dienone is 1. The van der Waals surface area contributed by atoms with Gasteiger partial charge in [0.25, 0.3) is 5.91 Å². The smallest absolute Gasteiger partial charge is 0.262 e. The Labute approximate surface area is 147 Å². The van der Waals surface area contributed by atoms with Crippen molar-refractivity contribution in [3.05, 3.63) is 83.1 Å². The molecule has 0 fully saturated rings. The number of rotatable bonds is 3. The van der Waals surface area contributed by atoms with Crippen LogP contribution in [0.2, 0.25) is 0 Å². The summed E-state index contributed by atoms with van der Waals surface area (Å²) in [5.41, 5.74) is 3.20. The zero-order valence-corrected chi connectivity index (χ0v) is 14.6. The Hall–Kier alpha value is -3.01. The summed E-state index contributed by atoms with van der Waals surface area (Å²) in [6.07, 6.45) is 3.62. The van der Waals surface area contributed by atoms with E-state index in [0.717, 1.165) is 22.6 Å². The third-order valence-electron chi connectivity index (χ3n) is 4.33. The van der Waals surface area contributed by atoms with E-state index in [2.05, 4.69) is 0 Å². The van der Waals surface area contributed by atoms with Gasteiger partial charge in [-0.05, 0) is 49.8 Å². The zero-order valence-electron chi connectivity index (χ0n) is 14.6. The lowest BCUT2D eigenvalue weighted by molar-refractivity contribution is -0.115. The number of hydrogen-bond donors (Lipinski definition) is 1. The van der Waals surface area contributed by atoms with E-state index in [9.17, 15) is 9.90 Å². The molecule has 1 amide bonds. The summed E-state index contributed by atoms with van der Waals surface area (Å²) in [5.74, 6) is 0.572. The van der Waals surface area contributed by atoms with Gasteiger partial charge in [0.2, 0.25) is 0 Å². The van der Waals surface area contributed by atoms with Crippen LogP contribution in [0, 0.1) is 6.92 Å². The van der Waals surface area contributed by atoms with Crippen molar-refractivity contribution in [2.24, 2.45) is 0 Å². The van der Waals surface area contributed by atoms with Crippen LogP contribution >= 0.6 is 0 Å². The Morgan fingerprint density at radius 1 is 1.08 bits per heavy atom. The van der Waals surface area contributed by atoms with Gasteiger partial charge in [-0.2, -0.15) is 0 Å². The third kappa shape index (κ3) is 3.29. The molecular weight excluding hydrogens is 314 g/mol. The van der Waals surface area contributed by atoms with E-state index in [0.29, 0.717) is 5.57 Å². The first-order chi connectivity index (χ1) is 12.0. The second-order valence-electron chi connectivity index (χ2n) is 6.09. The molecule has 3 rings (SSSR count). The Bertz CT molecular complexity index is 828. The molecule has 2 aromatic carbocycles. The largest absolute Gasteiger partial charge is 0.512 e. The van der Waals surface area contributed by atoms with Gasteiger partial charge in [0.05, 0.1) is 18.7 Å². The number of hydrogen-bond acceptors (Lipinski definition) is 3. The van der Waals surface area contributed by atoms with Crippen LogP contribution in [0.1, 0.15) is 24.1 Å². The van der Waals surface area contributed by atoms with Gasteiger partial charge in [-0.1, -0.05) is 35.9 Å². The van der Waals surface area contributed by atoms with Crippen LogP contribution in [0.4, 0.5) is 5.69 Å². The summed E-state index contributed by atoms with van der Waals surface area (Å²) >= 11 is 0. The van der Waals surface area contributed by atoms with Gasteiger partial charge in [-0.15, -0.1) is 0 Å². The van der Waals surface area contributed by atoms with Crippen molar-refractivity contribution >= 4 is 11.6 Å². The monoisotopic (exact) mass is 335 g/mol. The quantitative estimate of drug-likeness (QED) is 0.664. The van der Waals surface area contributed by atoms with Crippen LogP contribution in [-0.4, -0.2) is 18.1 Å². The van der Waals surface area contributed by atoms with Crippen molar-refractivity contribution in [1.29, 1.82) is 0 Å². The topological polar surface area (TPSA) is 49.8 Å². The Balaban J connectivity index is 2.09. The van der Waals surface area contributed by atoms with Crippen molar-refractivity contribution in [3.63, 3.8) is 0 Å². The van der Waals surface area contributed by atoms with Crippen LogP contribution in [0.15, 0.2) is 72.0 Å². The number of anilines is 1. The molecule has 0 spiro atoms. The second-order valence-corrected chi connectivity index (χ2v) is 6.09. The maximum atomic E-state index is 13.0. The summed E-state index contributed by atoms with van der Waals surface area (Å²) in [4.78, 5) is 14.7. The fraction of sp³-hybridized carbons (Fsp3) is 0.190. The number of nitrogens with zero attached hydrogens (tertiary/aromatic N) is 1. The number of ether oxygens (including phenoxy) is 1. The highest BCUT2D eigenvalue weighted by molar-refractivity contribution is 6.09. The minimum absolute atomic E-state index is 0.0199.